The van der Waals surface area contributed by atoms with Crippen molar-refractivity contribution in [2.75, 3.05) is 13.1 Å². The Balaban J connectivity index is 2.04. The zero-order valence-electron chi connectivity index (χ0n) is 9.23. The maximum atomic E-state index is 5.90. The van der Waals surface area contributed by atoms with E-state index in [1.54, 1.807) is 0 Å². The van der Waals surface area contributed by atoms with E-state index in [-0.39, 0.29) is 5.60 Å². The van der Waals surface area contributed by atoms with E-state index in [4.69, 9.17) is 4.74 Å². The molecule has 2 nitrogen and oxygen atoms in total. The Hall–Kier alpha value is -0.0800. The van der Waals surface area contributed by atoms with Crippen LogP contribution in [0.3, 0.4) is 0 Å². The van der Waals surface area contributed by atoms with Crippen LogP contribution in [0.2, 0.25) is 0 Å². The van der Waals surface area contributed by atoms with Gasteiger partial charge in [-0.25, -0.2) is 0 Å². The Morgan fingerprint density at radius 1 is 1.46 bits per heavy atom. The van der Waals surface area contributed by atoms with Crippen LogP contribution in [0.15, 0.2) is 0 Å². The molecule has 2 heteroatoms. The standard InChI is InChI=1S/C11H23NO/c1-4-12-9-5-6-10-7-8-11(2,3)13-10/h10,12H,4-9H2,1-3H3. The first kappa shape index (κ1) is 11.0. The molecule has 0 aromatic heterocycles. The summed E-state index contributed by atoms with van der Waals surface area (Å²) in [6.45, 7) is 8.75. The minimum absolute atomic E-state index is 0.142. The fraction of sp³-hybridized carbons (Fsp3) is 1.00. The van der Waals surface area contributed by atoms with Crippen LogP contribution in [0.25, 0.3) is 0 Å². The average Bonchev–Trinajstić information content (AvgIpc) is 2.40. The largest absolute Gasteiger partial charge is 0.372 e. The van der Waals surface area contributed by atoms with Gasteiger partial charge in [-0.2, -0.15) is 0 Å². The van der Waals surface area contributed by atoms with E-state index < -0.39 is 0 Å². The molecule has 0 bridgehead atoms. The second-order valence-electron chi connectivity index (χ2n) is 4.53. The van der Waals surface area contributed by atoms with E-state index in [9.17, 15) is 0 Å². The molecule has 78 valence electrons. The highest BCUT2D eigenvalue weighted by molar-refractivity contribution is 4.80. The summed E-state index contributed by atoms with van der Waals surface area (Å²) in [5.41, 5.74) is 0.142. The normalized spacial score (nSPS) is 26.5. The number of ether oxygens (including phenoxy) is 1. The molecule has 0 aromatic carbocycles. The summed E-state index contributed by atoms with van der Waals surface area (Å²) in [6, 6.07) is 0. The highest BCUT2D eigenvalue weighted by Gasteiger charge is 2.30. The molecule has 1 saturated heterocycles. The lowest BCUT2D eigenvalue weighted by molar-refractivity contribution is -0.0188. The maximum absolute atomic E-state index is 5.90. The predicted octanol–water partition coefficient (Wildman–Crippen LogP) is 2.33. The Kier molecular flexibility index (Phi) is 4.20. The molecule has 1 unspecified atom stereocenters. The maximum Gasteiger partial charge on any atom is 0.0631 e. The second-order valence-corrected chi connectivity index (χ2v) is 4.53. The second kappa shape index (κ2) is 4.97. The van der Waals surface area contributed by atoms with Gasteiger partial charge in [-0.05, 0) is 52.6 Å². The van der Waals surface area contributed by atoms with E-state index in [2.05, 4.69) is 26.1 Å². The Morgan fingerprint density at radius 2 is 2.23 bits per heavy atom. The topological polar surface area (TPSA) is 21.3 Å². The summed E-state index contributed by atoms with van der Waals surface area (Å²) in [6.07, 6.45) is 5.46. The van der Waals surface area contributed by atoms with Crippen molar-refractivity contribution in [3.05, 3.63) is 0 Å². The van der Waals surface area contributed by atoms with Gasteiger partial charge in [-0.15, -0.1) is 0 Å². The van der Waals surface area contributed by atoms with E-state index in [1.165, 1.54) is 25.7 Å². The van der Waals surface area contributed by atoms with Crippen molar-refractivity contribution in [1.29, 1.82) is 0 Å². The predicted molar refractivity (Wildman–Crippen MR) is 56.0 cm³/mol. The first-order valence-electron chi connectivity index (χ1n) is 5.52. The monoisotopic (exact) mass is 185 g/mol. The van der Waals surface area contributed by atoms with Gasteiger partial charge in [0.15, 0.2) is 0 Å². The lowest BCUT2D eigenvalue weighted by Crippen LogP contribution is -2.21. The van der Waals surface area contributed by atoms with Crippen LogP contribution in [0.4, 0.5) is 0 Å². The Labute approximate surface area is 82.0 Å². The van der Waals surface area contributed by atoms with Crippen LogP contribution < -0.4 is 5.32 Å². The first-order chi connectivity index (χ1) is 6.14. The third-order valence-corrected chi connectivity index (χ3v) is 2.68. The summed E-state index contributed by atoms with van der Waals surface area (Å²) < 4.78 is 5.90. The molecular weight excluding hydrogens is 162 g/mol. The van der Waals surface area contributed by atoms with Gasteiger partial charge >= 0.3 is 0 Å². The number of nitrogens with one attached hydrogen (secondary N) is 1. The van der Waals surface area contributed by atoms with Crippen LogP contribution >= 0.6 is 0 Å². The van der Waals surface area contributed by atoms with Gasteiger partial charge < -0.3 is 10.1 Å². The summed E-state index contributed by atoms with van der Waals surface area (Å²) in [4.78, 5) is 0. The molecule has 0 spiro atoms. The van der Waals surface area contributed by atoms with Crippen LogP contribution in [0.5, 0.6) is 0 Å². The molecule has 1 heterocycles. The van der Waals surface area contributed by atoms with Crippen molar-refractivity contribution < 1.29 is 4.74 Å². The molecule has 0 aromatic rings. The van der Waals surface area contributed by atoms with Gasteiger partial charge in [-0.1, -0.05) is 6.92 Å². The van der Waals surface area contributed by atoms with Gasteiger partial charge in [0.05, 0.1) is 11.7 Å². The molecule has 1 atom stereocenters. The summed E-state index contributed by atoms with van der Waals surface area (Å²) in [7, 11) is 0. The zero-order valence-corrected chi connectivity index (χ0v) is 9.23. The van der Waals surface area contributed by atoms with Gasteiger partial charge in [0.2, 0.25) is 0 Å². The number of hydrogen-bond donors (Lipinski definition) is 1. The lowest BCUT2D eigenvalue weighted by Gasteiger charge is -2.19. The van der Waals surface area contributed by atoms with Crippen molar-refractivity contribution in [3.63, 3.8) is 0 Å². The van der Waals surface area contributed by atoms with Crippen LogP contribution in [-0.2, 0) is 4.74 Å². The molecule has 0 radical (unpaired) electrons. The quantitative estimate of drug-likeness (QED) is 0.664. The number of hydrogen-bond acceptors (Lipinski definition) is 2. The molecule has 0 aliphatic carbocycles. The molecular formula is C11H23NO. The van der Waals surface area contributed by atoms with Crippen molar-refractivity contribution >= 4 is 0 Å². The van der Waals surface area contributed by atoms with Gasteiger partial charge in [0.25, 0.3) is 0 Å². The third kappa shape index (κ3) is 4.10. The molecule has 1 rings (SSSR count). The van der Waals surface area contributed by atoms with Crippen LogP contribution in [0, 0.1) is 0 Å². The molecule has 1 aliphatic heterocycles. The summed E-state index contributed by atoms with van der Waals surface area (Å²) >= 11 is 0. The molecule has 1 fully saturated rings. The van der Waals surface area contributed by atoms with E-state index in [0.29, 0.717) is 6.10 Å². The van der Waals surface area contributed by atoms with Crippen LogP contribution in [0.1, 0.15) is 46.5 Å². The summed E-state index contributed by atoms with van der Waals surface area (Å²) in [5.74, 6) is 0. The van der Waals surface area contributed by atoms with Gasteiger partial charge in [0, 0.05) is 0 Å². The molecule has 1 N–H and O–H groups in total. The highest BCUT2D eigenvalue weighted by atomic mass is 16.5. The average molecular weight is 185 g/mol. The van der Waals surface area contributed by atoms with Crippen molar-refractivity contribution in [2.24, 2.45) is 0 Å². The Bertz CT molecular complexity index is 145. The first-order valence-corrected chi connectivity index (χ1v) is 5.52. The minimum Gasteiger partial charge on any atom is -0.372 e. The molecule has 0 amide bonds. The van der Waals surface area contributed by atoms with Crippen molar-refractivity contribution in [1.82, 2.24) is 5.32 Å². The van der Waals surface area contributed by atoms with Crippen molar-refractivity contribution in [2.45, 2.75) is 58.2 Å². The minimum atomic E-state index is 0.142. The highest BCUT2D eigenvalue weighted by Crippen LogP contribution is 2.31. The van der Waals surface area contributed by atoms with E-state index >= 15 is 0 Å². The van der Waals surface area contributed by atoms with E-state index in [1.807, 2.05) is 0 Å². The molecule has 13 heavy (non-hydrogen) atoms. The molecule has 1 aliphatic rings. The lowest BCUT2D eigenvalue weighted by atomic mass is 10.0. The van der Waals surface area contributed by atoms with Gasteiger partial charge in [0.1, 0.15) is 0 Å². The smallest absolute Gasteiger partial charge is 0.0631 e. The van der Waals surface area contributed by atoms with Gasteiger partial charge in [-0.3, -0.25) is 0 Å². The molecule has 0 saturated carbocycles. The van der Waals surface area contributed by atoms with Crippen LogP contribution in [-0.4, -0.2) is 24.8 Å². The SMILES string of the molecule is CCNCCCC1CCC(C)(C)O1. The Morgan fingerprint density at radius 3 is 2.77 bits per heavy atom. The van der Waals surface area contributed by atoms with E-state index in [0.717, 1.165) is 13.1 Å². The zero-order chi connectivity index (χ0) is 9.73. The third-order valence-electron chi connectivity index (χ3n) is 2.68. The fourth-order valence-corrected chi connectivity index (χ4v) is 1.91. The fourth-order valence-electron chi connectivity index (χ4n) is 1.91. The summed E-state index contributed by atoms with van der Waals surface area (Å²) in [5, 5.41) is 3.34. The number of rotatable bonds is 5. The van der Waals surface area contributed by atoms with Crippen molar-refractivity contribution in [3.8, 4) is 0 Å².